The topological polar surface area (TPSA) is 61.1 Å². The number of hydrogen-bond acceptors (Lipinski definition) is 5. The monoisotopic (exact) mass is 372 g/mol. The number of aromatic nitrogens is 1. The molecule has 0 aliphatic rings. The fraction of sp³-hybridized carbons (Fsp3) is 0. The number of anilines is 1. The maximum Gasteiger partial charge on any atom is 0.196 e. The summed E-state index contributed by atoms with van der Waals surface area (Å²) in [7, 11) is 0. The van der Waals surface area contributed by atoms with E-state index in [1.165, 1.54) is 23.5 Å². The van der Waals surface area contributed by atoms with Crippen LogP contribution in [0.3, 0.4) is 0 Å². The minimum absolute atomic E-state index is 0.177. The fourth-order valence-electron chi connectivity index (χ4n) is 2.72. The Morgan fingerprint density at radius 2 is 1.81 bits per heavy atom. The highest BCUT2D eigenvalue weighted by Gasteiger charge is 2.12. The van der Waals surface area contributed by atoms with Crippen LogP contribution in [0.2, 0.25) is 0 Å². The predicted molar refractivity (Wildman–Crippen MR) is 107 cm³/mol. The number of nitrogens with one attached hydrogen (secondary N) is 1. The first kappa shape index (κ1) is 16.9. The fourth-order valence-corrected chi connectivity index (χ4v) is 3.48. The van der Waals surface area contributed by atoms with Crippen molar-refractivity contribution in [3.8, 4) is 17.3 Å². The van der Waals surface area contributed by atoms with Gasteiger partial charge < -0.3 is 0 Å². The molecule has 0 amide bonds. The van der Waals surface area contributed by atoms with Gasteiger partial charge >= 0.3 is 0 Å². The second kappa shape index (κ2) is 7.36. The minimum Gasteiger partial charge on any atom is -0.277 e. The van der Waals surface area contributed by atoms with Gasteiger partial charge in [0.25, 0.3) is 0 Å². The molecule has 4 aromatic rings. The lowest BCUT2D eigenvalue weighted by Crippen LogP contribution is -2.01. The van der Waals surface area contributed by atoms with E-state index in [4.69, 9.17) is 0 Å². The van der Waals surface area contributed by atoms with E-state index in [2.05, 4.69) is 39.8 Å². The summed E-state index contributed by atoms with van der Waals surface area (Å²) in [6.45, 7) is 0. The van der Waals surface area contributed by atoms with E-state index < -0.39 is 0 Å². The van der Waals surface area contributed by atoms with Crippen LogP contribution in [0.15, 0.2) is 77.2 Å². The Balaban J connectivity index is 1.65. The third kappa shape index (κ3) is 3.54. The Kier molecular flexibility index (Phi) is 4.60. The van der Waals surface area contributed by atoms with Gasteiger partial charge in [-0.05, 0) is 35.0 Å². The summed E-state index contributed by atoms with van der Waals surface area (Å²) < 4.78 is 13.0. The Labute approximate surface area is 159 Å². The number of fused-ring (bicyclic) bond motifs is 1. The van der Waals surface area contributed by atoms with Crippen LogP contribution in [-0.2, 0) is 0 Å². The molecule has 6 heteroatoms. The van der Waals surface area contributed by atoms with Gasteiger partial charge in [0.1, 0.15) is 11.9 Å². The molecule has 0 bridgehead atoms. The van der Waals surface area contributed by atoms with Gasteiger partial charge in [-0.15, -0.1) is 11.3 Å². The van der Waals surface area contributed by atoms with Crippen molar-refractivity contribution in [1.82, 2.24) is 4.98 Å². The number of thiazole rings is 1. The van der Waals surface area contributed by atoms with Crippen LogP contribution >= 0.6 is 11.3 Å². The Morgan fingerprint density at radius 1 is 1.04 bits per heavy atom. The Morgan fingerprint density at radius 3 is 2.63 bits per heavy atom. The SMILES string of the molecule is N#CC(=NNc1ccc(F)cc1)c1nc(-c2cccc3ccccc23)cs1. The zero-order valence-corrected chi connectivity index (χ0v) is 14.9. The largest absolute Gasteiger partial charge is 0.277 e. The molecular weight excluding hydrogens is 359 g/mol. The van der Waals surface area contributed by atoms with Crippen LogP contribution in [0.4, 0.5) is 10.1 Å². The maximum absolute atomic E-state index is 13.0. The average Bonchev–Trinajstić information content (AvgIpc) is 3.19. The summed E-state index contributed by atoms with van der Waals surface area (Å²) in [4.78, 5) is 4.59. The van der Waals surface area contributed by atoms with E-state index in [0.717, 1.165) is 22.0 Å². The first-order valence-corrected chi connectivity index (χ1v) is 9.06. The highest BCUT2D eigenvalue weighted by molar-refractivity contribution is 7.12. The summed E-state index contributed by atoms with van der Waals surface area (Å²) in [5.41, 5.74) is 5.35. The molecule has 0 aliphatic heterocycles. The van der Waals surface area contributed by atoms with Crippen LogP contribution in [0.1, 0.15) is 5.01 Å². The van der Waals surface area contributed by atoms with Gasteiger partial charge in [0.15, 0.2) is 10.7 Å². The van der Waals surface area contributed by atoms with Gasteiger partial charge in [0.2, 0.25) is 0 Å². The molecule has 1 heterocycles. The number of nitriles is 1. The lowest BCUT2D eigenvalue weighted by molar-refractivity contribution is 0.628. The Bertz CT molecular complexity index is 1170. The standard InChI is InChI=1S/C21H13FN4S/c22-15-8-10-16(11-9-15)25-26-19(12-23)21-24-20(13-27-21)18-7-3-5-14-4-1-2-6-17(14)18/h1-11,13,25H. The third-order valence-electron chi connectivity index (χ3n) is 4.02. The van der Waals surface area contributed by atoms with E-state index in [9.17, 15) is 9.65 Å². The number of benzene rings is 3. The van der Waals surface area contributed by atoms with Crippen molar-refractivity contribution in [3.05, 3.63) is 82.9 Å². The minimum atomic E-state index is -0.329. The molecular formula is C21H13FN4S. The molecule has 0 unspecified atom stereocenters. The summed E-state index contributed by atoms with van der Waals surface area (Å²) >= 11 is 1.36. The van der Waals surface area contributed by atoms with E-state index in [1.807, 2.05) is 29.6 Å². The number of hydrogen-bond donors (Lipinski definition) is 1. The first-order chi connectivity index (χ1) is 13.2. The molecule has 0 fully saturated rings. The second-order valence-electron chi connectivity index (χ2n) is 5.76. The molecule has 0 saturated heterocycles. The van der Waals surface area contributed by atoms with E-state index >= 15 is 0 Å². The number of nitrogens with zero attached hydrogens (tertiary/aromatic N) is 3. The van der Waals surface area contributed by atoms with Gasteiger partial charge in [0.05, 0.1) is 11.4 Å². The molecule has 1 aromatic heterocycles. The molecule has 0 spiro atoms. The molecule has 4 nitrogen and oxygen atoms in total. The number of hydrazone groups is 1. The summed E-state index contributed by atoms with van der Waals surface area (Å²) in [5, 5.41) is 18.2. The predicted octanol–water partition coefficient (Wildman–Crippen LogP) is 5.44. The maximum atomic E-state index is 13.0. The zero-order valence-electron chi connectivity index (χ0n) is 14.1. The summed E-state index contributed by atoms with van der Waals surface area (Å²) in [6.07, 6.45) is 0. The van der Waals surface area contributed by atoms with Gasteiger partial charge in [-0.25, -0.2) is 9.37 Å². The molecule has 1 N–H and O–H groups in total. The number of halogens is 1. The van der Waals surface area contributed by atoms with Crippen molar-refractivity contribution in [2.75, 3.05) is 5.43 Å². The Hall–Kier alpha value is -3.56. The normalized spacial score (nSPS) is 11.3. The van der Waals surface area contributed by atoms with E-state index in [0.29, 0.717) is 10.7 Å². The van der Waals surface area contributed by atoms with Crippen LogP contribution in [0.25, 0.3) is 22.0 Å². The average molecular weight is 372 g/mol. The second-order valence-corrected chi connectivity index (χ2v) is 6.61. The van der Waals surface area contributed by atoms with E-state index in [-0.39, 0.29) is 11.5 Å². The van der Waals surface area contributed by atoms with Crippen LogP contribution in [0, 0.1) is 17.1 Å². The van der Waals surface area contributed by atoms with Crippen molar-refractivity contribution >= 4 is 33.5 Å². The molecule has 0 atom stereocenters. The van der Waals surface area contributed by atoms with Crippen molar-refractivity contribution in [2.24, 2.45) is 5.10 Å². The van der Waals surface area contributed by atoms with E-state index in [1.54, 1.807) is 12.1 Å². The summed E-state index contributed by atoms with van der Waals surface area (Å²) in [5.74, 6) is -0.329. The lowest BCUT2D eigenvalue weighted by atomic mass is 10.0. The quantitative estimate of drug-likeness (QED) is 0.383. The smallest absolute Gasteiger partial charge is 0.196 e. The molecule has 0 saturated carbocycles. The van der Waals surface area contributed by atoms with Crippen molar-refractivity contribution in [3.63, 3.8) is 0 Å². The highest BCUT2D eigenvalue weighted by Crippen LogP contribution is 2.29. The summed E-state index contributed by atoms with van der Waals surface area (Å²) in [6, 6.07) is 22.0. The molecule has 130 valence electrons. The molecule has 3 aromatic carbocycles. The van der Waals surface area contributed by atoms with Gasteiger partial charge in [-0.3, -0.25) is 5.43 Å². The molecule has 27 heavy (non-hydrogen) atoms. The molecule has 0 radical (unpaired) electrons. The van der Waals surface area contributed by atoms with Gasteiger partial charge in [0, 0.05) is 10.9 Å². The van der Waals surface area contributed by atoms with Crippen molar-refractivity contribution < 1.29 is 4.39 Å². The van der Waals surface area contributed by atoms with Crippen LogP contribution < -0.4 is 5.43 Å². The first-order valence-electron chi connectivity index (χ1n) is 8.18. The van der Waals surface area contributed by atoms with Crippen LogP contribution in [-0.4, -0.2) is 10.7 Å². The lowest BCUT2D eigenvalue weighted by Gasteiger charge is -2.03. The molecule has 0 aliphatic carbocycles. The van der Waals surface area contributed by atoms with Crippen LogP contribution in [0.5, 0.6) is 0 Å². The van der Waals surface area contributed by atoms with Gasteiger partial charge in [-0.2, -0.15) is 10.4 Å². The number of rotatable bonds is 4. The van der Waals surface area contributed by atoms with Crippen molar-refractivity contribution in [2.45, 2.75) is 0 Å². The zero-order chi connectivity index (χ0) is 18.6. The van der Waals surface area contributed by atoms with Gasteiger partial charge in [-0.1, -0.05) is 42.5 Å². The third-order valence-corrected chi connectivity index (χ3v) is 4.87. The molecule has 4 rings (SSSR count). The highest BCUT2D eigenvalue weighted by atomic mass is 32.1. The van der Waals surface area contributed by atoms with Crippen molar-refractivity contribution in [1.29, 1.82) is 5.26 Å².